The molecule has 1 aromatic carbocycles. The van der Waals surface area contributed by atoms with Crippen molar-refractivity contribution in [3.05, 3.63) is 30.3 Å². The van der Waals surface area contributed by atoms with Crippen molar-refractivity contribution in [3.8, 4) is 5.75 Å². The minimum Gasteiger partial charge on any atom is -0.459 e. The Balaban J connectivity index is 3.00. The molecular weight excluding hydrogens is 232 g/mol. The SMILES string of the molecule is CCC(=O)[C@](O)(CC)[C@@](C)(O)Oc1ccccc1. The van der Waals surface area contributed by atoms with Gasteiger partial charge < -0.3 is 14.9 Å². The fraction of sp³-hybridized carbons (Fsp3) is 0.500. The number of carbonyl (C=O) groups excluding carboxylic acids is 1. The molecule has 0 aliphatic rings. The Morgan fingerprint density at radius 2 is 1.78 bits per heavy atom. The average Bonchev–Trinajstić information content (AvgIpc) is 2.37. The molecule has 0 unspecified atom stereocenters. The van der Waals surface area contributed by atoms with Gasteiger partial charge in [-0.2, -0.15) is 0 Å². The van der Waals surface area contributed by atoms with Crippen molar-refractivity contribution >= 4 is 5.78 Å². The molecule has 0 spiro atoms. The van der Waals surface area contributed by atoms with Crippen molar-refractivity contribution < 1.29 is 19.7 Å². The number of carbonyl (C=O) groups is 1. The summed E-state index contributed by atoms with van der Waals surface area (Å²) in [5, 5.41) is 20.6. The smallest absolute Gasteiger partial charge is 0.241 e. The monoisotopic (exact) mass is 252 g/mol. The van der Waals surface area contributed by atoms with Crippen LogP contribution in [0.3, 0.4) is 0 Å². The second-order valence-corrected chi connectivity index (χ2v) is 4.39. The molecule has 1 rings (SSSR count). The summed E-state index contributed by atoms with van der Waals surface area (Å²) in [5.41, 5.74) is -1.91. The van der Waals surface area contributed by atoms with Gasteiger partial charge in [0.2, 0.25) is 5.79 Å². The van der Waals surface area contributed by atoms with Crippen LogP contribution in [-0.4, -0.2) is 27.4 Å². The van der Waals surface area contributed by atoms with Gasteiger partial charge in [0.25, 0.3) is 0 Å². The normalized spacial score (nSPS) is 17.6. The van der Waals surface area contributed by atoms with Crippen LogP contribution in [-0.2, 0) is 4.79 Å². The van der Waals surface area contributed by atoms with E-state index in [1.807, 2.05) is 6.07 Å². The zero-order chi connectivity index (χ0) is 13.8. The molecule has 0 saturated carbocycles. The van der Waals surface area contributed by atoms with Gasteiger partial charge in [-0.05, 0) is 18.6 Å². The molecule has 0 heterocycles. The van der Waals surface area contributed by atoms with Crippen molar-refractivity contribution in [3.63, 3.8) is 0 Å². The van der Waals surface area contributed by atoms with E-state index in [4.69, 9.17) is 4.74 Å². The van der Waals surface area contributed by atoms with Gasteiger partial charge in [-0.25, -0.2) is 0 Å². The molecule has 2 atom stereocenters. The predicted molar refractivity (Wildman–Crippen MR) is 68.2 cm³/mol. The third-order valence-corrected chi connectivity index (χ3v) is 3.12. The van der Waals surface area contributed by atoms with E-state index in [-0.39, 0.29) is 12.8 Å². The highest BCUT2D eigenvalue weighted by Crippen LogP contribution is 2.30. The third kappa shape index (κ3) is 2.71. The molecule has 4 nitrogen and oxygen atoms in total. The first kappa shape index (κ1) is 14.7. The van der Waals surface area contributed by atoms with Crippen LogP contribution >= 0.6 is 0 Å². The van der Waals surface area contributed by atoms with Crippen LogP contribution in [0.5, 0.6) is 5.75 Å². The lowest BCUT2D eigenvalue weighted by Gasteiger charge is -2.38. The van der Waals surface area contributed by atoms with Gasteiger partial charge in [-0.15, -0.1) is 0 Å². The molecule has 4 heteroatoms. The Labute approximate surface area is 107 Å². The summed E-state index contributed by atoms with van der Waals surface area (Å²) in [6.07, 6.45) is 0.220. The van der Waals surface area contributed by atoms with E-state index in [1.165, 1.54) is 6.92 Å². The van der Waals surface area contributed by atoms with E-state index in [9.17, 15) is 15.0 Å². The van der Waals surface area contributed by atoms with Crippen LogP contribution in [0.15, 0.2) is 30.3 Å². The van der Waals surface area contributed by atoms with Crippen LogP contribution < -0.4 is 4.74 Å². The van der Waals surface area contributed by atoms with Crippen molar-refractivity contribution in [2.45, 2.75) is 45.0 Å². The Kier molecular flexibility index (Phi) is 4.48. The molecule has 0 aliphatic heterocycles. The predicted octanol–water partition coefficient (Wildman–Crippen LogP) is 1.89. The van der Waals surface area contributed by atoms with Gasteiger partial charge in [-0.3, -0.25) is 4.79 Å². The van der Waals surface area contributed by atoms with Crippen LogP contribution in [0, 0.1) is 0 Å². The highest BCUT2D eigenvalue weighted by molar-refractivity contribution is 5.87. The highest BCUT2D eigenvalue weighted by atomic mass is 16.6. The molecule has 0 aliphatic carbocycles. The molecule has 0 saturated heterocycles. The molecular formula is C14H20O4. The first-order chi connectivity index (χ1) is 8.37. The van der Waals surface area contributed by atoms with E-state index in [0.29, 0.717) is 5.75 Å². The van der Waals surface area contributed by atoms with E-state index in [2.05, 4.69) is 0 Å². The number of hydrogen-bond acceptors (Lipinski definition) is 4. The van der Waals surface area contributed by atoms with E-state index in [1.54, 1.807) is 38.1 Å². The minimum atomic E-state index is -1.96. The van der Waals surface area contributed by atoms with Crippen LogP contribution in [0.1, 0.15) is 33.6 Å². The Bertz CT molecular complexity index is 400. The fourth-order valence-corrected chi connectivity index (χ4v) is 1.88. The number of ketones is 1. The summed E-state index contributed by atoms with van der Waals surface area (Å²) in [4.78, 5) is 11.8. The first-order valence-corrected chi connectivity index (χ1v) is 6.09. The van der Waals surface area contributed by atoms with Gasteiger partial charge in [0.1, 0.15) is 5.75 Å². The summed E-state index contributed by atoms with van der Waals surface area (Å²) in [6, 6.07) is 8.61. The van der Waals surface area contributed by atoms with Crippen LogP contribution in [0.4, 0.5) is 0 Å². The van der Waals surface area contributed by atoms with Crippen molar-refractivity contribution in [1.82, 2.24) is 0 Å². The Morgan fingerprint density at radius 1 is 1.22 bits per heavy atom. The van der Waals surface area contributed by atoms with Crippen molar-refractivity contribution in [1.29, 1.82) is 0 Å². The van der Waals surface area contributed by atoms with Crippen molar-refractivity contribution in [2.24, 2.45) is 0 Å². The topological polar surface area (TPSA) is 66.8 Å². The van der Waals surface area contributed by atoms with Gasteiger partial charge >= 0.3 is 0 Å². The van der Waals surface area contributed by atoms with Crippen LogP contribution in [0.25, 0.3) is 0 Å². The van der Waals surface area contributed by atoms with E-state index in [0.717, 1.165) is 0 Å². The lowest BCUT2D eigenvalue weighted by atomic mass is 9.85. The fourth-order valence-electron chi connectivity index (χ4n) is 1.88. The third-order valence-electron chi connectivity index (χ3n) is 3.12. The minimum absolute atomic E-state index is 0.0828. The Hall–Kier alpha value is -1.39. The molecule has 100 valence electrons. The quantitative estimate of drug-likeness (QED) is 0.759. The number of Topliss-reactive ketones (excluding diaryl/α,β-unsaturated/α-hetero) is 1. The molecule has 0 aromatic heterocycles. The van der Waals surface area contributed by atoms with Crippen LogP contribution in [0.2, 0.25) is 0 Å². The number of hydrogen-bond donors (Lipinski definition) is 2. The maximum Gasteiger partial charge on any atom is 0.241 e. The Morgan fingerprint density at radius 3 is 2.22 bits per heavy atom. The number of para-hydroxylation sites is 1. The number of rotatable bonds is 6. The maximum atomic E-state index is 11.8. The zero-order valence-electron chi connectivity index (χ0n) is 11.0. The second kappa shape index (κ2) is 5.50. The molecule has 0 fully saturated rings. The zero-order valence-corrected chi connectivity index (χ0v) is 11.0. The van der Waals surface area contributed by atoms with Gasteiger partial charge in [0, 0.05) is 13.3 Å². The van der Waals surface area contributed by atoms with E-state index < -0.39 is 17.2 Å². The summed E-state index contributed by atoms with van der Waals surface area (Å²) in [5.74, 6) is -2.00. The number of aliphatic hydroxyl groups is 2. The number of ether oxygens (including phenoxy) is 1. The molecule has 1 aromatic rings. The summed E-state index contributed by atoms with van der Waals surface area (Å²) in [7, 11) is 0. The molecule has 2 N–H and O–H groups in total. The van der Waals surface area contributed by atoms with Gasteiger partial charge in [0.05, 0.1) is 0 Å². The molecule has 18 heavy (non-hydrogen) atoms. The van der Waals surface area contributed by atoms with Crippen molar-refractivity contribution in [2.75, 3.05) is 0 Å². The molecule has 0 amide bonds. The van der Waals surface area contributed by atoms with Gasteiger partial charge in [0.15, 0.2) is 11.4 Å². The summed E-state index contributed by atoms with van der Waals surface area (Å²) < 4.78 is 5.37. The lowest BCUT2D eigenvalue weighted by molar-refractivity contribution is -0.240. The van der Waals surface area contributed by atoms with E-state index >= 15 is 0 Å². The lowest BCUT2D eigenvalue weighted by Crippen LogP contribution is -2.60. The average molecular weight is 252 g/mol. The molecule has 0 bridgehead atoms. The second-order valence-electron chi connectivity index (χ2n) is 4.39. The largest absolute Gasteiger partial charge is 0.459 e. The standard InChI is InChI=1S/C14H20O4/c1-4-12(15)14(17,5-2)13(3,16)18-11-9-7-6-8-10-11/h6-10,16-17H,4-5H2,1-3H3/t13-,14+/m0/s1. The molecule has 0 radical (unpaired) electrons. The summed E-state index contributed by atoms with van der Waals surface area (Å²) >= 11 is 0. The first-order valence-electron chi connectivity index (χ1n) is 6.09. The number of benzene rings is 1. The summed E-state index contributed by atoms with van der Waals surface area (Å²) in [6.45, 7) is 4.58. The highest BCUT2D eigenvalue weighted by Gasteiger charge is 2.51. The van der Waals surface area contributed by atoms with Gasteiger partial charge in [-0.1, -0.05) is 32.0 Å². The maximum absolute atomic E-state index is 11.8.